The molecule has 3 aliphatic carbocycles. The van der Waals surface area contributed by atoms with Crippen molar-refractivity contribution in [3.63, 3.8) is 0 Å². The summed E-state index contributed by atoms with van der Waals surface area (Å²) in [5.74, 6) is 1.57. The van der Waals surface area contributed by atoms with Crippen molar-refractivity contribution in [1.29, 1.82) is 0 Å². The number of nitrogens with two attached hydrogens (primary N) is 1. The normalized spacial score (nSPS) is 20.9. The summed E-state index contributed by atoms with van der Waals surface area (Å²) in [7, 11) is -3.31. The van der Waals surface area contributed by atoms with Crippen molar-refractivity contribution in [1.82, 2.24) is 9.44 Å². The second-order valence-corrected chi connectivity index (χ2v) is 27.4. The predicted molar refractivity (Wildman–Crippen MR) is 296 cm³/mol. The van der Waals surface area contributed by atoms with Crippen LogP contribution in [0.15, 0.2) is 164 Å². The van der Waals surface area contributed by atoms with E-state index in [4.69, 9.17) is 5.14 Å². The fourth-order valence-corrected chi connectivity index (χ4v) is 10.7. The lowest BCUT2D eigenvalue weighted by atomic mass is 9.78. The lowest BCUT2D eigenvalue weighted by Crippen LogP contribution is -2.38. The first-order valence-corrected chi connectivity index (χ1v) is 28.1. The minimum absolute atomic E-state index is 0.144. The molecule has 10 heteroatoms. The maximum atomic E-state index is 12.6. The van der Waals surface area contributed by atoms with Crippen LogP contribution < -0.4 is 14.6 Å². The first kappa shape index (κ1) is 54.6. The summed E-state index contributed by atoms with van der Waals surface area (Å²) in [6.45, 7) is 17.6. The molecule has 6 aromatic rings. The van der Waals surface area contributed by atoms with Crippen LogP contribution in [0.3, 0.4) is 0 Å². The Morgan fingerprint density at radius 1 is 0.414 bits per heavy atom. The van der Waals surface area contributed by atoms with Crippen molar-refractivity contribution in [3.05, 3.63) is 214 Å². The molecule has 0 radical (unpaired) electrons. The van der Waals surface area contributed by atoms with Crippen LogP contribution in [0.2, 0.25) is 0 Å². The average molecular weight is 998 g/mol. The van der Waals surface area contributed by atoms with Crippen molar-refractivity contribution in [3.8, 4) is 0 Å². The molecule has 0 saturated heterocycles. The molecular formula is C60H75N3O4S3. The van der Waals surface area contributed by atoms with E-state index in [-0.39, 0.29) is 32.1 Å². The number of nitrogens with one attached hydrogen (secondary N) is 2. The largest absolute Gasteiger partial charge is 0.294 e. The highest BCUT2D eigenvalue weighted by atomic mass is 32.2. The molecule has 3 aliphatic rings. The minimum atomic E-state index is -1.18. The molecule has 0 spiro atoms. The van der Waals surface area contributed by atoms with Crippen LogP contribution in [-0.4, -0.2) is 32.7 Å². The van der Waals surface area contributed by atoms with E-state index in [1.165, 1.54) is 44.5 Å². The number of carbonyl (C=O) groups excluding carboxylic acids is 1. The van der Waals surface area contributed by atoms with E-state index >= 15 is 0 Å². The lowest BCUT2D eigenvalue weighted by molar-refractivity contribution is 0.0964. The van der Waals surface area contributed by atoms with Crippen LogP contribution in [-0.2, 0) is 52.2 Å². The summed E-state index contributed by atoms with van der Waals surface area (Å²) >= 11 is 0. The third kappa shape index (κ3) is 15.4. The number of benzene rings is 6. The van der Waals surface area contributed by atoms with Crippen molar-refractivity contribution < 1.29 is 17.4 Å². The summed E-state index contributed by atoms with van der Waals surface area (Å²) in [5.41, 5.74) is 11.5. The molecule has 6 aromatic carbocycles. The van der Waals surface area contributed by atoms with E-state index < -0.39 is 33.0 Å². The predicted octanol–water partition coefficient (Wildman–Crippen LogP) is 13.0. The number of rotatable bonds is 7. The molecule has 9 rings (SSSR count). The molecule has 70 heavy (non-hydrogen) atoms. The fraction of sp³-hybridized carbons (Fsp3) is 0.383. The third-order valence-corrected chi connectivity index (χ3v) is 17.5. The van der Waals surface area contributed by atoms with Crippen LogP contribution in [0.1, 0.15) is 166 Å². The van der Waals surface area contributed by atoms with Gasteiger partial charge >= 0.3 is 0 Å². The smallest absolute Gasteiger partial charge is 0.163 e. The molecule has 7 nitrogen and oxygen atoms in total. The molecule has 0 amide bonds. The maximum Gasteiger partial charge on any atom is 0.163 e. The minimum Gasteiger partial charge on any atom is -0.294 e. The van der Waals surface area contributed by atoms with Crippen molar-refractivity contribution in [2.45, 2.75) is 145 Å². The summed E-state index contributed by atoms with van der Waals surface area (Å²) in [4.78, 5) is 12.1. The Hall–Kier alpha value is -4.68. The van der Waals surface area contributed by atoms with Crippen LogP contribution in [0, 0.1) is 0 Å². The Morgan fingerprint density at radius 2 is 0.729 bits per heavy atom. The van der Waals surface area contributed by atoms with Crippen molar-refractivity contribution in [2.75, 3.05) is 0 Å². The molecule has 0 aliphatic heterocycles. The molecule has 4 N–H and O–H groups in total. The summed E-state index contributed by atoms with van der Waals surface area (Å²) in [6, 6.07) is 57.1. The molecule has 0 fully saturated rings. The van der Waals surface area contributed by atoms with Gasteiger partial charge in [-0.25, -0.2) is 22.1 Å². The average Bonchev–Trinajstić information content (AvgIpc) is 3.34. The second kappa shape index (κ2) is 24.6. The van der Waals surface area contributed by atoms with E-state index in [1.54, 1.807) is 0 Å². The number of Topliss-reactive ketones (excluding diaryl/α,β-unsaturated/α-hetero) is 1. The highest BCUT2D eigenvalue weighted by Crippen LogP contribution is 2.41. The third-order valence-electron chi connectivity index (χ3n) is 13.1. The summed E-state index contributed by atoms with van der Waals surface area (Å²) in [5, 5.41) is 5.04. The Kier molecular flexibility index (Phi) is 19.2. The topological polar surface area (TPSA) is 118 Å². The second-order valence-electron chi connectivity index (χ2n) is 21.6. The van der Waals surface area contributed by atoms with Gasteiger partial charge in [-0.15, -0.1) is 0 Å². The molecule has 0 saturated carbocycles. The Balaban J connectivity index is 0.000000163. The Bertz CT molecular complexity index is 2570. The highest BCUT2D eigenvalue weighted by Gasteiger charge is 2.33. The molecule has 8 atom stereocenters. The zero-order chi connectivity index (χ0) is 50.6. The lowest BCUT2D eigenvalue weighted by Gasteiger charge is -2.33. The highest BCUT2D eigenvalue weighted by molar-refractivity contribution is 7.84. The number of fused-ring (bicyclic) bond motifs is 3. The molecule has 0 aromatic heterocycles. The van der Waals surface area contributed by atoms with Gasteiger partial charge in [0.1, 0.15) is 0 Å². The Labute approximate surface area is 427 Å². The summed E-state index contributed by atoms with van der Waals surface area (Å²) < 4.78 is 41.5. The van der Waals surface area contributed by atoms with Gasteiger partial charge in [0, 0.05) is 24.1 Å². The monoisotopic (exact) mass is 997 g/mol. The van der Waals surface area contributed by atoms with E-state index in [0.717, 1.165) is 37.7 Å². The fourth-order valence-electron chi connectivity index (χ4n) is 9.04. The van der Waals surface area contributed by atoms with Crippen molar-refractivity contribution >= 4 is 38.7 Å². The molecule has 1 unspecified atom stereocenters. The summed E-state index contributed by atoms with van der Waals surface area (Å²) in [6.07, 6.45) is 5.71. The first-order valence-electron chi connectivity index (χ1n) is 24.6. The number of carbonyl (C=O) groups is 1. The van der Waals surface area contributed by atoms with Gasteiger partial charge in [-0.2, -0.15) is 0 Å². The van der Waals surface area contributed by atoms with Gasteiger partial charge in [0.25, 0.3) is 0 Å². The van der Waals surface area contributed by atoms with Gasteiger partial charge in [-0.1, -0.05) is 164 Å². The molecule has 0 bridgehead atoms. The maximum absolute atomic E-state index is 12.6. The number of ketones is 1. The van der Waals surface area contributed by atoms with E-state index in [0.29, 0.717) is 24.2 Å². The van der Waals surface area contributed by atoms with E-state index in [2.05, 4.69) is 137 Å². The standard InChI is InChI=1S/2C20H25NOS.C16H14O.C4H11NOS/c2*1-20(2,3)23(22)21-19-14-17(15-9-5-4-6-10-15)13-16-11-7-8-12-18(16)19;17-16-11-14(12-6-2-1-3-7-12)10-13-8-4-5-9-15(13)16;1-4(2,3)7(5)6/h2*4-12,17,19,21H,13-14H2,1-3H3;1-9,14H,10-11H2;5H2,1-3H3/t17-,19+,23+;17-,19-,23-;;7-/m01.1/s1. The zero-order valence-electron chi connectivity index (χ0n) is 42.7. The van der Waals surface area contributed by atoms with E-state index in [1.807, 2.05) is 98.7 Å². The van der Waals surface area contributed by atoms with Gasteiger partial charge in [-0.3, -0.25) is 9.93 Å². The van der Waals surface area contributed by atoms with Gasteiger partial charge in [0.2, 0.25) is 0 Å². The van der Waals surface area contributed by atoms with Crippen LogP contribution >= 0.6 is 0 Å². The molecule has 0 heterocycles. The number of hydrogen-bond donors (Lipinski definition) is 3. The SMILES string of the molecule is CC(C)(C)[S@@](=O)N[C@@H]1C[C@@H](c2ccccc2)Cc2ccccc21.CC(C)(C)[S@@](=O)N[C@@H]1C[C@H](c2ccccc2)Cc2ccccc21.CC(C)(C)[S@](N)=O.O=C1CC(c2ccccc2)Cc2ccccc21. The van der Waals surface area contributed by atoms with Gasteiger partial charge < -0.3 is 0 Å². The van der Waals surface area contributed by atoms with Gasteiger partial charge in [0.15, 0.2) is 5.78 Å². The van der Waals surface area contributed by atoms with Gasteiger partial charge in [-0.05, 0) is 157 Å². The first-order chi connectivity index (χ1) is 33.2. The Morgan fingerprint density at radius 3 is 1.10 bits per heavy atom. The number of hydrogen-bond acceptors (Lipinski definition) is 4. The van der Waals surface area contributed by atoms with Crippen LogP contribution in [0.4, 0.5) is 0 Å². The quantitative estimate of drug-likeness (QED) is 0.148. The van der Waals surface area contributed by atoms with Crippen LogP contribution in [0.25, 0.3) is 0 Å². The van der Waals surface area contributed by atoms with E-state index in [9.17, 15) is 17.4 Å². The van der Waals surface area contributed by atoms with Crippen LogP contribution in [0.5, 0.6) is 0 Å². The van der Waals surface area contributed by atoms with Crippen molar-refractivity contribution in [2.24, 2.45) is 5.14 Å². The molecular weight excluding hydrogens is 923 g/mol. The van der Waals surface area contributed by atoms with Gasteiger partial charge in [0.05, 0.1) is 47.2 Å². The molecule has 372 valence electrons. The zero-order valence-corrected chi connectivity index (χ0v) is 45.1.